The molecular weight excluding hydrogens is 282 g/mol. The molecule has 2 rings (SSSR count). The summed E-state index contributed by atoms with van der Waals surface area (Å²) in [7, 11) is 0. The van der Waals surface area contributed by atoms with Crippen molar-refractivity contribution in [2.45, 2.75) is 6.61 Å². The predicted octanol–water partition coefficient (Wildman–Crippen LogP) is 3.64. The van der Waals surface area contributed by atoms with Gasteiger partial charge in [0.15, 0.2) is 6.29 Å². The Hall–Kier alpha value is -2.40. The van der Waals surface area contributed by atoms with Crippen molar-refractivity contribution in [3.8, 4) is 5.75 Å². The van der Waals surface area contributed by atoms with Gasteiger partial charge in [0.05, 0.1) is 15.5 Å². The highest BCUT2D eigenvalue weighted by Crippen LogP contribution is 2.25. The van der Waals surface area contributed by atoms with Gasteiger partial charge in [-0.2, -0.15) is 0 Å². The molecule has 0 bridgehead atoms. The van der Waals surface area contributed by atoms with Gasteiger partial charge in [0.2, 0.25) is 0 Å². The zero-order valence-corrected chi connectivity index (χ0v) is 11.0. The monoisotopic (exact) mass is 291 g/mol. The lowest BCUT2D eigenvalue weighted by atomic mass is 10.2. The highest BCUT2D eigenvalue weighted by atomic mass is 35.5. The lowest BCUT2D eigenvalue weighted by molar-refractivity contribution is -0.384. The van der Waals surface area contributed by atoms with E-state index < -0.39 is 4.92 Å². The molecule has 5 nitrogen and oxygen atoms in total. The Kier molecular flexibility index (Phi) is 4.32. The number of nitro benzene ring substituents is 1. The second kappa shape index (κ2) is 6.16. The van der Waals surface area contributed by atoms with Crippen molar-refractivity contribution in [2.24, 2.45) is 0 Å². The van der Waals surface area contributed by atoms with Crippen LogP contribution in [0.2, 0.25) is 5.02 Å². The Morgan fingerprint density at radius 2 is 2.00 bits per heavy atom. The molecule has 0 aliphatic heterocycles. The molecule has 0 saturated heterocycles. The summed E-state index contributed by atoms with van der Waals surface area (Å²) in [5, 5.41) is 11.0. The van der Waals surface area contributed by atoms with Gasteiger partial charge in [-0.25, -0.2) is 0 Å². The molecule has 102 valence electrons. The summed E-state index contributed by atoms with van der Waals surface area (Å²) < 4.78 is 5.49. The molecule has 0 heterocycles. The van der Waals surface area contributed by atoms with Gasteiger partial charge in [-0.05, 0) is 17.7 Å². The number of rotatable bonds is 5. The molecule has 0 spiro atoms. The van der Waals surface area contributed by atoms with Gasteiger partial charge in [0.25, 0.3) is 5.69 Å². The summed E-state index contributed by atoms with van der Waals surface area (Å²) >= 11 is 5.88. The van der Waals surface area contributed by atoms with E-state index in [-0.39, 0.29) is 17.9 Å². The summed E-state index contributed by atoms with van der Waals surface area (Å²) in [5.74, 6) is 0.346. The van der Waals surface area contributed by atoms with Crippen LogP contribution in [0.3, 0.4) is 0 Å². The normalized spacial score (nSPS) is 10.1. The van der Waals surface area contributed by atoms with Gasteiger partial charge < -0.3 is 4.74 Å². The van der Waals surface area contributed by atoms with Crippen LogP contribution in [0.1, 0.15) is 15.9 Å². The molecule has 0 saturated carbocycles. The number of carbonyl (C=O) groups excluding carboxylic acids is 1. The van der Waals surface area contributed by atoms with Crippen molar-refractivity contribution in [1.82, 2.24) is 0 Å². The van der Waals surface area contributed by atoms with Crippen molar-refractivity contribution < 1.29 is 14.5 Å². The SMILES string of the molecule is O=Cc1c(Cl)cccc1OCc1cccc([N+](=O)[O-])c1. The largest absolute Gasteiger partial charge is 0.488 e. The van der Waals surface area contributed by atoms with Crippen LogP contribution in [-0.4, -0.2) is 11.2 Å². The first kappa shape index (κ1) is 14.0. The maximum atomic E-state index is 10.9. The molecule has 2 aromatic rings. The Labute approximate surface area is 119 Å². The number of ether oxygens (including phenoxy) is 1. The molecule has 20 heavy (non-hydrogen) atoms. The standard InChI is InChI=1S/C14H10ClNO4/c15-13-5-2-6-14(12(13)8-17)20-9-10-3-1-4-11(7-10)16(18)19/h1-8H,9H2. The van der Waals surface area contributed by atoms with Crippen molar-refractivity contribution in [3.05, 3.63) is 68.7 Å². The molecule has 0 aromatic heterocycles. The number of nitrogens with zero attached hydrogens (tertiary/aromatic N) is 1. The van der Waals surface area contributed by atoms with Crippen LogP contribution in [0.15, 0.2) is 42.5 Å². The summed E-state index contributed by atoms with van der Waals surface area (Å²) in [6.45, 7) is 0.114. The minimum absolute atomic E-state index is 0.00666. The maximum Gasteiger partial charge on any atom is 0.269 e. The van der Waals surface area contributed by atoms with Gasteiger partial charge in [-0.1, -0.05) is 29.8 Å². The molecule has 0 amide bonds. The average Bonchev–Trinajstić information content (AvgIpc) is 2.45. The third kappa shape index (κ3) is 3.13. The first-order valence-electron chi connectivity index (χ1n) is 5.71. The van der Waals surface area contributed by atoms with E-state index in [1.165, 1.54) is 12.1 Å². The molecule has 0 radical (unpaired) electrons. The van der Waals surface area contributed by atoms with E-state index in [1.807, 2.05) is 0 Å². The average molecular weight is 292 g/mol. The van der Waals surface area contributed by atoms with Gasteiger partial charge in [-0.15, -0.1) is 0 Å². The summed E-state index contributed by atoms with van der Waals surface area (Å²) in [5.41, 5.74) is 0.892. The minimum Gasteiger partial charge on any atom is -0.488 e. The highest BCUT2D eigenvalue weighted by Gasteiger charge is 2.09. The van der Waals surface area contributed by atoms with Crippen molar-refractivity contribution in [2.75, 3.05) is 0 Å². The quantitative estimate of drug-likeness (QED) is 0.479. The van der Waals surface area contributed by atoms with Crippen LogP contribution < -0.4 is 4.74 Å². The number of benzene rings is 2. The van der Waals surface area contributed by atoms with E-state index in [9.17, 15) is 14.9 Å². The van der Waals surface area contributed by atoms with Gasteiger partial charge >= 0.3 is 0 Å². The number of hydrogen-bond acceptors (Lipinski definition) is 4. The Morgan fingerprint density at radius 1 is 1.25 bits per heavy atom. The number of carbonyl (C=O) groups is 1. The van der Waals surface area contributed by atoms with Crippen molar-refractivity contribution >= 4 is 23.6 Å². The van der Waals surface area contributed by atoms with Crippen LogP contribution in [0.25, 0.3) is 0 Å². The van der Waals surface area contributed by atoms with Crippen LogP contribution in [0.5, 0.6) is 5.75 Å². The third-order valence-corrected chi connectivity index (χ3v) is 2.98. The molecule has 0 aliphatic carbocycles. The Bertz CT molecular complexity index is 657. The van der Waals surface area contributed by atoms with Crippen LogP contribution in [0.4, 0.5) is 5.69 Å². The zero-order chi connectivity index (χ0) is 14.5. The zero-order valence-electron chi connectivity index (χ0n) is 10.3. The van der Waals surface area contributed by atoms with Gasteiger partial charge in [0.1, 0.15) is 12.4 Å². The minimum atomic E-state index is -0.472. The molecule has 6 heteroatoms. The van der Waals surface area contributed by atoms with E-state index in [4.69, 9.17) is 16.3 Å². The number of hydrogen-bond donors (Lipinski definition) is 0. The third-order valence-electron chi connectivity index (χ3n) is 2.65. The lowest BCUT2D eigenvalue weighted by Gasteiger charge is -2.09. The fraction of sp³-hybridized carbons (Fsp3) is 0.0714. The Balaban J connectivity index is 2.17. The number of non-ortho nitro benzene ring substituents is 1. The maximum absolute atomic E-state index is 10.9. The fourth-order valence-electron chi connectivity index (χ4n) is 1.68. The first-order chi connectivity index (χ1) is 9.61. The van der Waals surface area contributed by atoms with E-state index in [2.05, 4.69) is 0 Å². The molecule has 0 N–H and O–H groups in total. The fourth-order valence-corrected chi connectivity index (χ4v) is 1.89. The van der Waals surface area contributed by atoms with Gasteiger partial charge in [0, 0.05) is 12.1 Å². The molecule has 0 unspecified atom stereocenters. The molecular formula is C14H10ClNO4. The van der Waals surface area contributed by atoms with Gasteiger partial charge in [-0.3, -0.25) is 14.9 Å². The molecule has 0 fully saturated rings. The number of nitro groups is 1. The molecule has 0 aliphatic rings. The highest BCUT2D eigenvalue weighted by molar-refractivity contribution is 6.33. The Morgan fingerprint density at radius 3 is 2.70 bits per heavy atom. The first-order valence-corrected chi connectivity index (χ1v) is 6.09. The van der Waals surface area contributed by atoms with E-state index in [0.717, 1.165) is 0 Å². The number of aldehydes is 1. The topological polar surface area (TPSA) is 69.4 Å². The van der Waals surface area contributed by atoms with E-state index >= 15 is 0 Å². The van der Waals surface area contributed by atoms with Crippen molar-refractivity contribution in [3.63, 3.8) is 0 Å². The second-order valence-corrected chi connectivity index (χ2v) is 4.39. The van der Waals surface area contributed by atoms with Crippen LogP contribution >= 0.6 is 11.6 Å². The molecule has 0 atom stereocenters. The predicted molar refractivity (Wildman–Crippen MR) is 74.3 cm³/mol. The van der Waals surface area contributed by atoms with E-state index in [0.29, 0.717) is 22.6 Å². The summed E-state index contributed by atoms with van der Waals surface area (Å²) in [6.07, 6.45) is 0.616. The smallest absolute Gasteiger partial charge is 0.269 e. The van der Waals surface area contributed by atoms with Crippen molar-refractivity contribution in [1.29, 1.82) is 0 Å². The lowest BCUT2D eigenvalue weighted by Crippen LogP contribution is -1.99. The van der Waals surface area contributed by atoms with Crippen LogP contribution in [-0.2, 0) is 6.61 Å². The van der Waals surface area contributed by atoms with E-state index in [1.54, 1.807) is 30.3 Å². The number of halogens is 1. The second-order valence-electron chi connectivity index (χ2n) is 3.99. The molecule has 2 aromatic carbocycles. The summed E-state index contributed by atoms with van der Waals surface area (Å²) in [4.78, 5) is 21.2. The summed E-state index contributed by atoms with van der Waals surface area (Å²) in [6, 6.07) is 11.0. The van der Waals surface area contributed by atoms with Crippen LogP contribution in [0, 0.1) is 10.1 Å².